The molecular formula is C18H26N4O3. The minimum absolute atomic E-state index is 0.103. The molecule has 7 heteroatoms. The van der Waals surface area contributed by atoms with Crippen LogP contribution in [-0.4, -0.2) is 39.2 Å². The highest BCUT2D eigenvalue weighted by Gasteiger charge is 2.32. The average Bonchev–Trinajstić information content (AvgIpc) is 3.21. The number of aromatic nitrogens is 3. The number of nitrogens with zero attached hydrogens (tertiary/aromatic N) is 4. The van der Waals surface area contributed by atoms with Gasteiger partial charge in [-0.1, -0.05) is 24.2 Å². The summed E-state index contributed by atoms with van der Waals surface area (Å²) in [7, 11) is 0. The number of likely N-dealkylation sites (tertiary alicyclic amines) is 1. The second-order valence-electron chi connectivity index (χ2n) is 7.23. The summed E-state index contributed by atoms with van der Waals surface area (Å²) in [6, 6.07) is 0. The third-order valence-electron chi connectivity index (χ3n) is 4.94. The Bertz CT molecular complexity index is 730. The minimum Gasteiger partial charge on any atom is -0.361 e. The van der Waals surface area contributed by atoms with Crippen molar-refractivity contribution >= 4 is 5.91 Å². The van der Waals surface area contributed by atoms with Crippen molar-refractivity contribution < 1.29 is 13.8 Å². The second kappa shape index (κ2) is 6.98. The van der Waals surface area contributed by atoms with Gasteiger partial charge < -0.3 is 13.9 Å². The Labute approximate surface area is 147 Å². The molecule has 2 aromatic heterocycles. The SMILES string of the molecule is Cc1noc(C)c1C(C)C(=O)N1CCCC(c2noc(C(C)C)n2)C1. The molecule has 1 aliphatic heterocycles. The van der Waals surface area contributed by atoms with Gasteiger partial charge in [0, 0.05) is 30.5 Å². The highest BCUT2D eigenvalue weighted by molar-refractivity contribution is 5.84. The summed E-state index contributed by atoms with van der Waals surface area (Å²) in [6.45, 7) is 11.1. The van der Waals surface area contributed by atoms with Gasteiger partial charge in [0.1, 0.15) is 5.76 Å². The second-order valence-corrected chi connectivity index (χ2v) is 7.23. The van der Waals surface area contributed by atoms with Crippen LogP contribution in [0, 0.1) is 13.8 Å². The minimum atomic E-state index is -0.263. The fraction of sp³-hybridized carbons (Fsp3) is 0.667. The maximum Gasteiger partial charge on any atom is 0.230 e. The van der Waals surface area contributed by atoms with E-state index in [4.69, 9.17) is 9.05 Å². The summed E-state index contributed by atoms with van der Waals surface area (Å²) in [5.74, 6) is 2.27. The third-order valence-corrected chi connectivity index (χ3v) is 4.94. The molecule has 2 atom stereocenters. The molecule has 136 valence electrons. The number of carbonyl (C=O) groups is 1. The molecule has 0 aliphatic carbocycles. The summed E-state index contributed by atoms with van der Waals surface area (Å²) in [5.41, 5.74) is 1.68. The van der Waals surface area contributed by atoms with Gasteiger partial charge in [0.15, 0.2) is 5.82 Å². The molecule has 25 heavy (non-hydrogen) atoms. The number of piperidine rings is 1. The summed E-state index contributed by atoms with van der Waals surface area (Å²) < 4.78 is 10.5. The van der Waals surface area contributed by atoms with E-state index >= 15 is 0 Å². The van der Waals surface area contributed by atoms with Crippen LogP contribution in [0.25, 0.3) is 0 Å². The first kappa shape index (κ1) is 17.6. The van der Waals surface area contributed by atoms with Gasteiger partial charge in [-0.15, -0.1) is 0 Å². The first-order valence-corrected chi connectivity index (χ1v) is 8.93. The van der Waals surface area contributed by atoms with E-state index < -0.39 is 0 Å². The molecule has 0 N–H and O–H groups in total. The zero-order valence-electron chi connectivity index (χ0n) is 15.6. The highest BCUT2D eigenvalue weighted by Crippen LogP contribution is 2.30. The summed E-state index contributed by atoms with van der Waals surface area (Å²) >= 11 is 0. The Balaban J connectivity index is 1.73. The van der Waals surface area contributed by atoms with Gasteiger partial charge in [-0.05, 0) is 33.6 Å². The summed E-state index contributed by atoms with van der Waals surface area (Å²) in [6.07, 6.45) is 1.91. The zero-order chi connectivity index (χ0) is 18.1. The molecule has 1 fully saturated rings. The molecule has 0 saturated carbocycles. The van der Waals surface area contributed by atoms with Gasteiger partial charge >= 0.3 is 0 Å². The van der Waals surface area contributed by atoms with Crippen molar-refractivity contribution in [3.05, 3.63) is 28.7 Å². The monoisotopic (exact) mass is 346 g/mol. The molecule has 1 aliphatic rings. The molecule has 3 rings (SSSR count). The van der Waals surface area contributed by atoms with E-state index in [0.717, 1.165) is 30.6 Å². The van der Waals surface area contributed by atoms with E-state index in [1.165, 1.54) is 0 Å². The van der Waals surface area contributed by atoms with Crippen LogP contribution in [0.5, 0.6) is 0 Å². The van der Waals surface area contributed by atoms with Crippen molar-refractivity contribution in [1.29, 1.82) is 0 Å². The Hall–Kier alpha value is -2.18. The van der Waals surface area contributed by atoms with E-state index in [-0.39, 0.29) is 23.7 Å². The Kier molecular flexibility index (Phi) is 4.92. The predicted molar refractivity (Wildman–Crippen MR) is 91.3 cm³/mol. The van der Waals surface area contributed by atoms with Crippen LogP contribution in [0.2, 0.25) is 0 Å². The van der Waals surface area contributed by atoms with Gasteiger partial charge in [0.25, 0.3) is 0 Å². The fourth-order valence-corrected chi connectivity index (χ4v) is 3.54. The van der Waals surface area contributed by atoms with Crippen LogP contribution in [0.1, 0.15) is 80.1 Å². The van der Waals surface area contributed by atoms with Gasteiger partial charge in [0.2, 0.25) is 11.8 Å². The maximum absolute atomic E-state index is 13.0. The molecule has 0 bridgehead atoms. The lowest BCUT2D eigenvalue weighted by Gasteiger charge is -2.33. The number of rotatable bonds is 4. The van der Waals surface area contributed by atoms with E-state index in [0.29, 0.717) is 24.0 Å². The lowest BCUT2D eigenvalue weighted by molar-refractivity contribution is -0.133. The van der Waals surface area contributed by atoms with Gasteiger partial charge in [-0.3, -0.25) is 4.79 Å². The molecule has 0 spiro atoms. The standard InChI is InChI=1S/C18H26N4O3/c1-10(2)17-19-16(21-25-17)14-7-6-8-22(9-14)18(23)11(3)15-12(4)20-24-13(15)5/h10-11,14H,6-9H2,1-5H3. The number of aryl methyl sites for hydroxylation is 2. The summed E-state index contributed by atoms with van der Waals surface area (Å²) in [4.78, 5) is 19.4. The first-order chi connectivity index (χ1) is 11.9. The third kappa shape index (κ3) is 3.45. The maximum atomic E-state index is 13.0. The average molecular weight is 346 g/mol. The quantitative estimate of drug-likeness (QED) is 0.844. The smallest absolute Gasteiger partial charge is 0.230 e. The lowest BCUT2D eigenvalue weighted by atomic mass is 9.93. The first-order valence-electron chi connectivity index (χ1n) is 8.93. The Morgan fingerprint density at radius 1 is 1.20 bits per heavy atom. The molecular weight excluding hydrogens is 320 g/mol. The Morgan fingerprint density at radius 2 is 1.96 bits per heavy atom. The van der Waals surface area contributed by atoms with Crippen LogP contribution in [0.15, 0.2) is 9.05 Å². The molecule has 3 heterocycles. The predicted octanol–water partition coefficient (Wildman–Crippen LogP) is 3.31. The number of hydrogen-bond acceptors (Lipinski definition) is 6. The van der Waals surface area contributed by atoms with Gasteiger partial charge in [-0.2, -0.15) is 4.98 Å². The molecule has 1 amide bonds. The van der Waals surface area contributed by atoms with Crippen molar-refractivity contribution in [2.75, 3.05) is 13.1 Å². The highest BCUT2D eigenvalue weighted by atomic mass is 16.5. The largest absolute Gasteiger partial charge is 0.361 e. The van der Waals surface area contributed by atoms with E-state index in [1.807, 2.05) is 39.5 Å². The van der Waals surface area contributed by atoms with Crippen LogP contribution < -0.4 is 0 Å². The molecule has 2 aromatic rings. The van der Waals surface area contributed by atoms with E-state index in [1.54, 1.807) is 0 Å². The number of hydrogen-bond donors (Lipinski definition) is 0. The van der Waals surface area contributed by atoms with Crippen LogP contribution in [0.4, 0.5) is 0 Å². The van der Waals surface area contributed by atoms with E-state index in [9.17, 15) is 4.79 Å². The zero-order valence-corrected chi connectivity index (χ0v) is 15.6. The van der Waals surface area contributed by atoms with Gasteiger partial charge in [0.05, 0.1) is 11.6 Å². The lowest BCUT2D eigenvalue weighted by Crippen LogP contribution is -2.41. The topological polar surface area (TPSA) is 85.3 Å². The van der Waals surface area contributed by atoms with Crippen LogP contribution in [-0.2, 0) is 4.79 Å². The van der Waals surface area contributed by atoms with Crippen molar-refractivity contribution in [2.24, 2.45) is 0 Å². The molecule has 0 aromatic carbocycles. The van der Waals surface area contributed by atoms with Crippen LogP contribution in [0.3, 0.4) is 0 Å². The van der Waals surface area contributed by atoms with Crippen molar-refractivity contribution in [3.8, 4) is 0 Å². The fourth-order valence-electron chi connectivity index (χ4n) is 3.54. The van der Waals surface area contributed by atoms with Crippen molar-refractivity contribution in [2.45, 2.75) is 65.2 Å². The van der Waals surface area contributed by atoms with Crippen LogP contribution >= 0.6 is 0 Å². The Morgan fingerprint density at radius 3 is 2.56 bits per heavy atom. The summed E-state index contributed by atoms with van der Waals surface area (Å²) in [5, 5.41) is 8.10. The molecule has 2 unspecified atom stereocenters. The van der Waals surface area contributed by atoms with Gasteiger partial charge in [-0.25, -0.2) is 0 Å². The number of amides is 1. The van der Waals surface area contributed by atoms with Crippen molar-refractivity contribution in [3.63, 3.8) is 0 Å². The van der Waals surface area contributed by atoms with E-state index in [2.05, 4.69) is 15.3 Å². The number of carbonyl (C=O) groups excluding carboxylic acids is 1. The van der Waals surface area contributed by atoms with Crippen molar-refractivity contribution in [1.82, 2.24) is 20.2 Å². The molecule has 1 saturated heterocycles. The normalized spacial score (nSPS) is 19.4. The molecule has 7 nitrogen and oxygen atoms in total. The molecule has 0 radical (unpaired) electrons.